The smallest absolute Gasteiger partial charge is 0.410 e. The Morgan fingerprint density at radius 3 is 2.08 bits per heavy atom. The maximum absolute atomic E-state index is 13.6. The van der Waals surface area contributed by atoms with Gasteiger partial charge in [0.25, 0.3) is 0 Å². The first-order chi connectivity index (χ1) is 17.3. The van der Waals surface area contributed by atoms with Crippen molar-refractivity contribution in [2.24, 2.45) is 0 Å². The number of esters is 1. The van der Waals surface area contributed by atoms with Gasteiger partial charge in [-0.3, -0.25) is 4.90 Å². The predicted octanol–water partition coefficient (Wildman–Crippen LogP) is 3.55. The summed E-state index contributed by atoms with van der Waals surface area (Å²) < 4.78 is 33.1. The van der Waals surface area contributed by atoms with E-state index >= 15 is 0 Å². The molecular formula is C27H33NO8. The number of carbonyl (C=O) groups excluding carboxylic acids is 2. The summed E-state index contributed by atoms with van der Waals surface area (Å²) >= 11 is 0. The topological polar surface area (TPSA) is 92.8 Å². The Bertz CT molecular complexity index is 1040. The second-order valence-electron chi connectivity index (χ2n) is 9.19. The average Bonchev–Trinajstić information content (AvgIpc) is 3.41. The standard InChI is InChI=1S/C27H33NO8/c1-27(2)35-16-22(36-27)24(25(29)33-5)28(14-23(31-3)32-4)26(30)34-15-21-19-12-8-6-10-17(19)18-11-7-9-13-20(18)21/h6-13,21-24H,14-16H2,1-5H3/t22-,24-/m0/s1. The molecule has 2 aliphatic rings. The SMILES string of the molecule is COC(=O)[C@H]([C@@H]1COC(C)(C)O1)N(CC(OC)OC)C(=O)OCC1c2ccccc2-c2ccccc21. The number of hydrogen-bond acceptors (Lipinski definition) is 8. The van der Waals surface area contributed by atoms with Crippen LogP contribution in [0.1, 0.15) is 30.9 Å². The molecule has 1 aliphatic heterocycles. The molecule has 0 saturated carbocycles. The quantitative estimate of drug-likeness (QED) is 0.382. The van der Waals surface area contributed by atoms with E-state index in [0.29, 0.717) is 0 Å². The van der Waals surface area contributed by atoms with Crippen molar-refractivity contribution >= 4 is 12.1 Å². The molecule has 0 aromatic heterocycles. The van der Waals surface area contributed by atoms with Crippen LogP contribution in [0.3, 0.4) is 0 Å². The zero-order valence-corrected chi connectivity index (χ0v) is 21.3. The number of ether oxygens (including phenoxy) is 6. The molecule has 1 fully saturated rings. The molecule has 2 aromatic rings. The predicted molar refractivity (Wildman–Crippen MR) is 130 cm³/mol. The average molecular weight is 500 g/mol. The number of rotatable bonds is 9. The molecule has 1 amide bonds. The lowest BCUT2D eigenvalue weighted by molar-refractivity contribution is -0.169. The molecule has 2 atom stereocenters. The van der Waals surface area contributed by atoms with E-state index < -0.39 is 36.3 Å². The minimum Gasteiger partial charge on any atom is -0.467 e. The van der Waals surface area contributed by atoms with Crippen molar-refractivity contribution in [3.05, 3.63) is 59.7 Å². The fraction of sp³-hybridized carbons (Fsp3) is 0.481. The summed E-state index contributed by atoms with van der Waals surface area (Å²) in [6.45, 7) is 3.60. The second kappa shape index (κ2) is 11.0. The molecule has 0 N–H and O–H groups in total. The Morgan fingerprint density at radius 2 is 1.58 bits per heavy atom. The molecule has 0 unspecified atom stereocenters. The van der Waals surface area contributed by atoms with Gasteiger partial charge in [-0.1, -0.05) is 48.5 Å². The molecule has 4 rings (SSSR count). The van der Waals surface area contributed by atoms with Crippen LogP contribution in [0.5, 0.6) is 0 Å². The largest absolute Gasteiger partial charge is 0.467 e. The summed E-state index contributed by atoms with van der Waals surface area (Å²) in [6, 6.07) is 15.0. The van der Waals surface area contributed by atoms with Gasteiger partial charge in [0.05, 0.1) is 20.3 Å². The third-order valence-electron chi connectivity index (χ3n) is 6.60. The Kier molecular flexibility index (Phi) is 7.94. The van der Waals surface area contributed by atoms with Crippen LogP contribution in [0.4, 0.5) is 4.79 Å². The molecule has 1 heterocycles. The Balaban J connectivity index is 1.59. The fourth-order valence-corrected chi connectivity index (χ4v) is 4.86. The number of benzene rings is 2. The molecule has 2 aromatic carbocycles. The highest BCUT2D eigenvalue weighted by atomic mass is 16.7. The lowest BCUT2D eigenvalue weighted by Gasteiger charge is -2.34. The van der Waals surface area contributed by atoms with Crippen molar-refractivity contribution in [1.82, 2.24) is 4.90 Å². The molecule has 9 heteroatoms. The van der Waals surface area contributed by atoms with Crippen LogP contribution in [0.2, 0.25) is 0 Å². The van der Waals surface area contributed by atoms with Crippen molar-refractivity contribution in [3.8, 4) is 11.1 Å². The van der Waals surface area contributed by atoms with Crippen LogP contribution in [-0.4, -0.2) is 82.3 Å². The lowest BCUT2D eigenvalue weighted by atomic mass is 9.98. The maximum atomic E-state index is 13.6. The molecule has 36 heavy (non-hydrogen) atoms. The van der Waals surface area contributed by atoms with E-state index in [1.807, 2.05) is 36.4 Å². The number of fused-ring (bicyclic) bond motifs is 3. The van der Waals surface area contributed by atoms with Gasteiger partial charge < -0.3 is 28.4 Å². The molecule has 0 spiro atoms. The number of methoxy groups -OCH3 is 3. The van der Waals surface area contributed by atoms with Crippen molar-refractivity contribution in [3.63, 3.8) is 0 Å². The molecule has 194 valence electrons. The van der Waals surface area contributed by atoms with Crippen LogP contribution >= 0.6 is 0 Å². The fourth-order valence-electron chi connectivity index (χ4n) is 4.86. The van der Waals surface area contributed by atoms with Gasteiger partial charge in [-0.2, -0.15) is 0 Å². The van der Waals surface area contributed by atoms with Crippen molar-refractivity contribution < 1.29 is 38.0 Å². The van der Waals surface area contributed by atoms with Crippen molar-refractivity contribution in [1.29, 1.82) is 0 Å². The molecule has 1 aliphatic carbocycles. The van der Waals surface area contributed by atoms with Crippen LogP contribution in [0.15, 0.2) is 48.5 Å². The van der Waals surface area contributed by atoms with Gasteiger partial charge in [-0.15, -0.1) is 0 Å². The van der Waals surface area contributed by atoms with Gasteiger partial charge in [0.2, 0.25) is 0 Å². The van der Waals surface area contributed by atoms with Gasteiger partial charge in [-0.05, 0) is 36.1 Å². The van der Waals surface area contributed by atoms with E-state index in [-0.39, 0.29) is 25.7 Å². The first-order valence-electron chi connectivity index (χ1n) is 11.9. The van der Waals surface area contributed by atoms with Crippen LogP contribution in [0, 0.1) is 0 Å². The summed E-state index contributed by atoms with van der Waals surface area (Å²) in [5, 5.41) is 0. The van der Waals surface area contributed by atoms with E-state index in [0.717, 1.165) is 22.3 Å². The molecule has 1 saturated heterocycles. The lowest BCUT2D eigenvalue weighted by Crippen LogP contribution is -2.56. The third-order valence-corrected chi connectivity index (χ3v) is 6.60. The van der Waals surface area contributed by atoms with Crippen LogP contribution in [0.25, 0.3) is 11.1 Å². The van der Waals surface area contributed by atoms with Crippen molar-refractivity contribution in [2.75, 3.05) is 41.1 Å². The Morgan fingerprint density at radius 1 is 1.00 bits per heavy atom. The van der Waals surface area contributed by atoms with Crippen LogP contribution < -0.4 is 0 Å². The van der Waals surface area contributed by atoms with E-state index in [9.17, 15) is 9.59 Å². The molecule has 9 nitrogen and oxygen atoms in total. The molecule has 0 radical (unpaired) electrons. The van der Waals surface area contributed by atoms with Gasteiger partial charge in [0.1, 0.15) is 12.7 Å². The van der Waals surface area contributed by atoms with E-state index in [1.54, 1.807) is 13.8 Å². The zero-order valence-electron chi connectivity index (χ0n) is 21.3. The molecular weight excluding hydrogens is 466 g/mol. The third kappa shape index (κ3) is 5.24. The number of amides is 1. The summed E-state index contributed by atoms with van der Waals surface area (Å²) in [5.74, 6) is -1.70. The summed E-state index contributed by atoms with van der Waals surface area (Å²) in [6.07, 6.45) is -2.27. The first-order valence-corrected chi connectivity index (χ1v) is 11.9. The summed E-state index contributed by atoms with van der Waals surface area (Å²) in [5.41, 5.74) is 4.42. The van der Waals surface area contributed by atoms with Gasteiger partial charge in [-0.25, -0.2) is 9.59 Å². The van der Waals surface area contributed by atoms with E-state index in [1.165, 1.54) is 26.2 Å². The van der Waals surface area contributed by atoms with Crippen LogP contribution in [-0.2, 0) is 33.2 Å². The normalized spacial score (nSPS) is 19.0. The monoisotopic (exact) mass is 499 g/mol. The minimum absolute atomic E-state index is 0.0796. The number of carbonyl (C=O) groups is 2. The number of nitrogens with zero attached hydrogens (tertiary/aromatic N) is 1. The first kappa shape index (κ1) is 26.1. The van der Waals surface area contributed by atoms with Gasteiger partial charge in [0.15, 0.2) is 18.1 Å². The maximum Gasteiger partial charge on any atom is 0.410 e. The van der Waals surface area contributed by atoms with E-state index in [2.05, 4.69) is 12.1 Å². The highest BCUT2D eigenvalue weighted by molar-refractivity contribution is 5.82. The zero-order chi connectivity index (χ0) is 25.9. The summed E-state index contributed by atoms with van der Waals surface area (Å²) in [7, 11) is 4.17. The minimum atomic E-state index is -1.12. The highest BCUT2D eigenvalue weighted by Gasteiger charge is 2.46. The van der Waals surface area contributed by atoms with E-state index in [4.69, 9.17) is 28.4 Å². The number of hydrogen-bond donors (Lipinski definition) is 0. The molecule has 0 bridgehead atoms. The van der Waals surface area contributed by atoms with Gasteiger partial charge in [0, 0.05) is 20.1 Å². The second-order valence-corrected chi connectivity index (χ2v) is 9.19. The van der Waals surface area contributed by atoms with Crippen molar-refractivity contribution in [2.45, 2.75) is 44.0 Å². The Labute approximate surface area is 211 Å². The highest BCUT2D eigenvalue weighted by Crippen LogP contribution is 2.44. The summed E-state index contributed by atoms with van der Waals surface area (Å²) in [4.78, 5) is 27.7. The Hall–Kier alpha value is -2.98. The van der Waals surface area contributed by atoms with Gasteiger partial charge >= 0.3 is 12.1 Å².